The molecular weight excluding hydrogens is 442 g/mol. The zero-order chi connectivity index (χ0) is 24.4. The van der Waals surface area contributed by atoms with Gasteiger partial charge in [0.2, 0.25) is 0 Å². The van der Waals surface area contributed by atoms with Gasteiger partial charge < -0.3 is 25.6 Å². The van der Waals surface area contributed by atoms with E-state index in [0.29, 0.717) is 30.1 Å². The molecular formula is C25H35N9O. The average molecular weight is 478 g/mol. The van der Waals surface area contributed by atoms with Crippen LogP contribution in [0.3, 0.4) is 0 Å². The van der Waals surface area contributed by atoms with Crippen LogP contribution in [0.5, 0.6) is 11.6 Å². The Bertz CT molecular complexity index is 1160. The first-order chi connectivity index (χ1) is 17.0. The number of ether oxygens (including phenoxy) is 1. The summed E-state index contributed by atoms with van der Waals surface area (Å²) in [6.07, 6.45) is 9.84. The predicted molar refractivity (Wildman–Crippen MR) is 137 cm³/mol. The largest absolute Gasteiger partial charge is 0.433 e. The van der Waals surface area contributed by atoms with E-state index in [-0.39, 0.29) is 11.7 Å². The molecule has 0 aromatic carbocycles. The van der Waals surface area contributed by atoms with Crippen LogP contribution in [0.4, 0.5) is 11.6 Å². The zero-order valence-electron chi connectivity index (χ0n) is 20.8. The van der Waals surface area contributed by atoms with E-state index in [4.69, 9.17) is 20.4 Å². The van der Waals surface area contributed by atoms with Crippen LogP contribution in [-0.4, -0.2) is 69.4 Å². The number of nitrogens with two attached hydrogens (primary N) is 1. The monoisotopic (exact) mass is 477 g/mol. The van der Waals surface area contributed by atoms with Gasteiger partial charge in [0.1, 0.15) is 5.82 Å². The first-order valence-corrected chi connectivity index (χ1v) is 12.5. The minimum Gasteiger partial charge on any atom is -0.433 e. The number of hydrogen-bond donors (Lipinski definition) is 2. The number of pyridine rings is 1. The number of piperidine rings is 1. The second-order valence-electron chi connectivity index (χ2n) is 9.66. The van der Waals surface area contributed by atoms with Crippen molar-refractivity contribution in [2.75, 3.05) is 44.4 Å². The van der Waals surface area contributed by atoms with Gasteiger partial charge in [-0.05, 0) is 71.9 Å². The summed E-state index contributed by atoms with van der Waals surface area (Å²) in [6, 6.07) is 4.98. The quantitative estimate of drug-likeness (QED) is 0.530. The molecule has 5 rings (SSSR count). The van der Waals surface area contributed by atoms with Crippen LogP contribution in [0.15, 0.2) is 30.7 Å². The van der Waals surface area contributed by atoms with Crippen LogP contribution in [0.25, 0.3) is 11.3 Å². The molecule has 2 fully saturated rings. The Morgan fingerprint density at radius 2 is 1.94 bits per heavy atom. The van der Waals surface area contributed by atoms with Crippen molar-refractivity contribution in [1.29, 1.82) is 0 Å². The van der Waals surface area contributed by atoms with Gasteiger partial charge in [-0.25, -0.2) is 15.0 Å². The van der Waals surface area contributed by atoms with E-state index in [1.807, 2.05) is 24.0 Å². The third-order valence-electron chi connectivity index (χ3n) is 6.99. The van der Waals surface area contributed by atoms with Gasteiger partial charge in [0.25, 0.3) is 5.88 Å². The molecule has 3 N–H and O–H groups in total. The van der Waals surface area contributed by atoms with Crippen molar-refractivity contribution in [1.82, 2.24) is 34.9 Å². The Balaban J connectivity index is 1.40. The molecule has 10 nitrogen and oxygen atoms in total. The van der Waals surface area contributed by atoms with Crippen LogP contribution in [0.1, 0.15) is 44.3 Å². The Morgan fingerprint density at radius 3 is 2.69 bits per heavy atom. The van der Waals surface area contributed by atoms with Crippen LogP contribution in [0, 0.1) is 0 Å². The number of likely N-dealkylation sites (tertiary alicyclic amines) is 1. The molecule has 1 atom stereocenters. The molecule has 0 bridgehead atoms. The molecule has 2 aliphatic heterocycles. The lowest BCUT2D eigenvalue weighted by Crippen LogP contribution is -2.31. The second-order valence-corrected chi connectivity index (χ2v) is 9.66. The lowest BCUT2D eigenvalue weighted by molar-refractivity contribution is 0.212. The van der Waals surface area contributed by atoms with Gasteiger partial charge >= 0.3 is 0 Å². The number of rotatable bonds is 7. The van der Waals surface area contributed by atoms with Crippen molar-refractivity contribution in [2.45, 2.75) is 51.2 Å². The van der Waals surface area contributed by atoms with Crippen molar-refractivity contribution in [3.05, 3.63) is 36.4 Å². The van der Waals surface area contributed by atoms with Crippen LogP contribution >= 0.6 is 0 Å². The molecule has 5 heterocycles. The summed E-state index contributed by atoms with van der Waals surface area (Å²) in [7, 11) is 4.08. The van der Waals surface area contributed by atoms with Gasteiger partial charge in [0.15, 0.2) is 11.6 Å². The van der Waals surface area contributed by atoms with Crippen molar-refractivity contribution >= 4 is 11.6 Å². The molecule has 0 aliphatic carbocycles. The summed E-state index contributed by atoms with van der Waals surface area (Å²) in [4.78, 5) is 18.7. The van der Waals surface area contributed by atoms with Crippen molar-refractivity contribution in [3.63, 3.8) is 0 Å². The summed E-state index contributed by atoms with van der Waals surface area (Å²) >= 11 is 0. The SMILES string of the molecule is CNCc1cc(-c2cnc(N)c(Oc3cnn(C4CCN(C)CC4)c3)n2)cc(N2CCCC2C)n1. The van der Waals surface area contributed by atoms with Gasteiger partial charge in [0, 0.05) is 24.7 Å². The minimum atomic E-state index is 0.249. The predicted octanol–water partition coefficient (Wildman–Crippen LogP) is 3.08. The van der Waals surface area contributed by atoms with E-state index in [1.165, 1.54) is 12.8 Å². The molecule has 0 saturated carbocycles. The van der Waals surface area contributed by atoms with E-state index in [2.05, 4.69) is 45.2 Å². The molecule has 3 aromatic heterocycles. The fraction of sp³-hybridized carbons (Fsp3) is 0.520. The Morgan fingerprint density at radius 1 is 1.11 bits per heavy atom. The van der Waals surface area contributed by atoms with Crippen LogP contribution in [0.2, 0.25) is 0 Å². The van der Waals surface area contributed by atoms with Gasteiger partial charge in [-0.15, -0.1) is 0 Å². The molecule has 10 heteroatoms. The van der Waals surface area contributed by atoms with Gasteiger partial charge in [-0.3, -0.25) is 4.68 Å². The Hall–Kier alpha value is -3.24. The molecule has 3 aromatic rings. The third kappa shape index (κ3) is 5.23. The first kappa shape index (κ1) is 23.5. The van der Waals surface area contributed by atoms with E-state index in [9.17, 15) is 0 Å². The van der Waals surface area contributed by atoms with E-state index in [1.54, 1.807) is 12.4 Å². The Labute approximate surface area is 206 Å². The number of nitrogens with one attached hydrogen (secondary N) is 1. The number of nitrogens with zero attached hydrogens (tertiary/aromatic N) is 7. The fourth-order valence-corrected chi connectivity index (χ4v) is 4.95. The summed E-state index contributed by atoms with van der Waals surface area (Å²) in [6.45, 7) is 6.08. The Kier molecular flexibility index (Phi) is 6.83. The maximum Gasteiger partial charge on any atom is 0.263 e. The summed E-state index contributed by atoms with van der Waals surface area (Å²) < 4.78 is 8.05. The summed E-state index contributed by atoms with van der Waals surface area (Å²) in [5.41, 5.74) is 8.74. The van der Waals surface area contributed by atoms with Gasteiger partial charge in [0.05, 0.1) is 36.0 Å². The molecule has 0 spiro atoms. The van der Waals surface area contributed by atoms with Crippen molar-refractivity contribution < 1.29 is 4.74 Å². The van der Waals surface area contributed by atoms with Gasteiger partial charge in [-0.1, -0.05) is 0 Å². The molecule has 0 radical (unpaired) electrons. The number of hydrogen-bond acceptors (Lipinski definition) is 9. The number of nitrogen functional groups attached to an aromatic ring is 1. The maximum atomic E-state index is 6.14. The highest BCUT2D eigenvalue weighted by Gasteiger charge is 2.23. The average Bonchev–Trinajstić information content (AvgIpc) is 3.50. The third-order valence-corrected chi connectivity index (χ3v) is 6.99. The molecule has 2 aliphatic rings. The second kappa shape index (κ2) is 10.2. The lowest BCUT2D eigenvalue weighted by Gasteiger charge is -2.28. The molecule has 0 amide bonds. The molecule has 2 saturated heterocycles. The maximum absolute atomic E-state index is 6.14. The minimum absolute atomic E-state index is 0.249. The standard InChI is InChI=1S/C25H35N9O/c1-17-5-4-8-33(17)23-12-18(11-19(30-23)13-27-2)22-15-28-24(26)25(31-22)35-21-14-29-34(16-21)20-6-9-32(3)10-7-20/h11-12,14-17,20,27H,4-10,13H2,1-3H3,(H2,26,28). The molecule has 186 valence electrons. The molecule has 1 unspecified atom stereocenters. The van der Waals surface area contributed by atoms with Crippen LogP contribution in [-0.2, 0) is 6.54 Å². The smallest absolute Gasteiger partial charge is 0.263 e. The first-order valence-electron chi connectivity index (χ1n) is 12.5. The fourth-order valence-electron chi connectivity index (χ4n) is 4.95. The van der Waals surface area contributed by atoms with E-state index in [0.717, 1.165) is 49.6 Å². The molecule has 35 heavy (non-hydrogen) atoms. The topological polar surface area (TPSA) is 110 Å². The summed E-state index contributed by atoms with van der Waals surface area (Å²) in [5, 5.41) is 7.73. The van der Waals surface area contributed by atoms with Crippen LogP contribution < -0.4 is 20.7 Å². The zero-order valence-corrected chi connectivity index (χ0v) is 20.8. The highest BCUT2D eigenvalue weighted by atomic mass is 16.5. The number of anilines is 2. The normalized spacial score (nSPS) is 19.4. The number of aromatic nitrogens is 5. The van der Waals surface area contributed by atoms with E-state index < -0.39 is 0 Å². The highest BCUT2D eigenvalue weighted by Crippen LogP contribution is 2.32. The summed E-state index contributed by atoms with van der Waals surface area (Å²) in [5.74, 6) is 2.12. The van der Waals surface area contributed by atoms with Gasteiger partial charge in [-0.2, -0.15) is 5.10 Å². The van der Waals surface area contributed by atoms with Crippen molar-refractivity contribution in [3.8, 4) is 22.9 Å². The van der Waals surface area contributed by atoms with Crippen molar-refractivity contribution in [2.24, 2.45) is 0 Å². The highest BCUT2D eigenvalue weighted by molar-refractivity contribution is 5.65. The van der Waals surface area contributed by atoms with E-state index >= 15 is 0 Å². The lowest BCUT2D eigenvalue weighted by atomic mass is 10.1.